The number of hydrogen-bond acceptors (Lipinski definition) is 4. The van der Waals surface area contributed by atoms with E-state index in [1.54, 1.807) is 18.3 Å². The van der Waals surface area contributed by atoms with Gasteiger partial charge in [0, 0.05) is 29.9 Å². The average Bonchev–Trinajstić information content (AvgIpc) is 2.35. The van der Waals surface area contributed by atoms with Gasteiger partial charge in [0.2, 0.25) is 0 Å². The molecule has 1 aromatic carbocycles. The Balaban J connectivity index is 2.49. The van der Waals surface area contributed by atoms with Crippen LogP contribution in [-0.4, -0.2) is 22.7 Å². The van der Waals surface area contributed by atoms with Crippen LogP contribution in [0.2, 0.25) is 0 Å². The van der Waals surface area contributed by atoms with Gasteiger partial charge in [0.15, 0.2) is 5.82 Å². The molecular weight excluding hydrogens is 233 g/mol. The number of nitrogens with one attached hydrogen (secondary N) is 1. The molecule has 0 aliphatic rings. The molecule has 1 aromatic heterocycles. The van der Waals surface area contributed by atoms with Crippen LogP contribution in [-0.2, 0) is 0 Å². The molecule has 18 heavy (non-hydrogen) atoms. The number of halogens is 1. The molecule has 2 aromatic rings. The number of rotatable bonds is 4. The molecule has 1 atom stereocenters. The first-order valence-corrected chi connectivity index (χ1v) is 5.83. The normalized spacial score (nSPS) is 12.6. The van der Waals surface area contributed by atoms with E-state index in [4.69, 9.17) is 10.8 Å². The fraction of sp³-hybridized carbons (Fsp3) is 0.308. The summed E-state index contributed by atoms with van der Waals surface area (Å²) in [6, 6.07) is 4.81. The van der Waals surface area contributed by atoms with Crippen molar-refractivity contribution in [3.63, 3.8) is 0 Å². The molecule has 0 radical (unpaired) electrons. The predicted molar refractivity (Wildman–Crippen MR) is 70.9 cm³/mol. The first-order valence-electron chi connectivity index (χ1n) is 5.83. The maximum Gasteiger partial charge on any atom is 0.150 e. The van der Waals surface area contributed by atoms with E-state index in [0.717, 1.165) is 5.39 Å². The van der Waals surface area contributed by atoms with Gasteiger partial charge >= 0.3 is 0 Å². The lowest BCUT2D eigenvalue weighted by Crippen LogP contribution is -2.18. The van der Waals surface area contributed by atoms with Crippen molar-refractivity contribution in [3.8, 4) is 0 Å². The number of nitrogens with zero attached hydrogens (tertiary/aromatic N) is 1. The Morgan fingerprint density at radius 2 is 2.33 bits per heavy atom. The minimum absolute atomic E-state index is 0.0432. The zero-order valence-corrected chi connectivity index (χ0v) is 10.2. The van der Waals surface area contributed by atoms with E-state index in [0.29, 0.717) is 23.3 Å². The molecule has 0 saturated carbocycles. The highest BCUT2D eigenvalue weighted by atomic mass is 19.1. The molecule has 0 amide bonds. The summed E-state index contributed by atoms with van der Waals surface area (Å²) in [5.74, 6) is -0.427. The van der Waals surface area contributed by atoms with Crippen molar-refractivity contribution in [2.45, 2.75) is 19.4 Å². The molecule has 0 bridgehead atoms. The maximum atomic E-state index is 13.9. The van der Waals surface area contributed by atoms with Gasteiger partial charge in [-0.2, -0.15) is 0 Å². The highest BCUT2D eigenvalue weighted by Gasteiger charge is 2.13. The molecule has 4 N–H and O–H groups in total. The Morgan fingerprint density at radius 3 is 3.06 bits per heavy atom. The third kappa shape index (κ3) is 2.36. The zero-order valence-electron chi connectivity index (χ0n) is 10.2. The van der Waals surface area contributed by atoms with Crippen LogP contribution in [0.25, 0.3) is 10.9 Å². The van der Waals surface area contributed by atoms with Crippen LogP contribution in [0.15, 0.2) is 24.4 Å². The summed E-state index contributed by atoms with van der Waals surface area (Å²) in [4.78, 5) is 4.17. The molecule has 2 rings (SSSR count). The van der Waals surface area contributed by atoms with Crippen LogP contribution in [0, 0.1) is 5.82 Å². The van der Waals surface area contributed by atoms with Crippen molar-refractivity contribution < 1.29 is 9.50 Å². The van der Waals surface area contributed by atoms with Gasteiger partial charge in [-0.05, 0) is 31.5 Å². The van der Waals surface area contributed by atoms with Crippen LogP contribution in [0.1, 0.15) is 13.3 Å². The van der Waals surface area contributed by atoms with Crippen LogP contribution in [0.3, 0.4) is 0 Å². The Hall–Kier alpha value is -1.88. The van der Waals surface area contributed by atoms with Crippen LogP contribution >= 0.6 is 0 Å². The number of aromatic nitrogens is 1. The molecule has 0 aliphatic carbocycles. The number of aliphatic hydroxyl groups is 1. The summed E-state index contributed by atoms with van der Waals surface area (Å²) in [6.45, 7) is 1.93. The number of nitrogen functional groups attached to an aromatic ring is 1. The first-order chi connectivity index (χ1) is 8.63. The van der Waals surface area contributed by atoms with Crippen molar-refractivity contribution in [2.24, 2.45) is 0 Å². The Kier molecular flexibility index (Phi) is 3.62. The summed E-state index contributed by atoms with van der Waals surface area (Å²) in [5.41, 5.74) is 6.99. The second-order valence-electron chi connectivity index (χ2n) is 4.28. The van der Waals surface area contributed by atoms with E-state index in [2.05, 4.69) is 10.3 Å². The molecule has 0 saturated heterocycles. The van der Waals surface area contributed by atoms with Crippen molar-refractivity contribution in [2.75, 3.05) is 17.7 Å². The standard InChI is InChI=1S/C13H16FN3O/c1-8(4-6-18)17-13-10(14)7-11(15)9-3-2-5-16-12(9)13/h2-3,5,7-8,17-18H,4,6,15H2,1H3. The third-order valence-corrected chi connectivity index (χ3v) is 2.83. The largest absolute Gasteiger partial charge is 0.398 e. The van der Waals surface area contributed by atoms with Crippen LogP contribution < -0.4 is 11.1 Å². The summed E-state index contributed by atoms with van der Waals surface area (Å²) in [6.07, 6.45) is 2.14. The molecule has 0 fully saturated rings. The van der Waals surface area contributed by atoms with Crippen molar-refractivity contribution >= 4 is 22.3 Å². The molecule has 4 nitrogen and oxygen atoms in total. The number of aliphatic hydroxyl groups excluding tert-OH is 1. The van der Waals surface area contributed by atoms with E-state index in [1.807, 2.05) is 6.92 Å². The molecule has 96 valence electrons. The van der Waals surface area contributed by atoms with Gasteiger partial charge in [0.1, 0.15) is 0 Å². The number of benzene rings is 1. The van der Waals surface area contributed by atoms with Crippen molar-refractivity contribution in [1.29, 1.82) is 0 Å². The lowest BCUT2D eigenvalue weighted by atomic mass is 10.1. The summed E-state index contributed by atoms with van der Waals surface area (Å²) >= 11 is 0. The topological polar surface area (TPSA) is 71.2 Å². The smallest absolute Gasteiger partial charge is 0.150 e. The third-order valence-electron chi connectivity index (χ3n) is 2.83. The number of anilines is 2. The summed E-state index contributed by atoms with van der Waals surface area (Å²) in [7, 11) is 0. The van der Waals surface area contributed by atoms with Gasteiger partial charge in [0.25, 0.3) is 0 Å². The van der Waals surface area contributed by atoms with Crippen LogP contribution in [0.4, 0.5) is 15.8 Å². The minimum Gasteiger partial charge on any atom is -0.398 e. The van der Waals surface area contributed by atoms with Gasteiger partial charge in [0.05, 0.1) is 11.2 Å². The minimum atomic E-state index is -0.427. The number of pyridine rings is 1. The second-order valence-corrected chi connectivity index (χ2v) is 4.28. The first kappa shape index (κ1) is 12.6. The van der Waals surface area contributed by atoms with E-state index < -0.39 is 5.82 Å². The average molecular weight is 249 g/mol. The molecule has 1 unspecified atom stereocenters. The molecule has 0 spiro atoms. The van der Waals surface area contributed by atoms with Crippen molar-refractivity contribution in [1.82, 2.24) is 4.98 Å². The Bertz CT molecular complexity index is 559. The summed E-state index contributed by atoms with van der Waals surface area (Å²) < 4.78 is 13.9. The van der Waals surface area contributed by atoms with E-state index in [-0.39, 0.29) is 12.6 Å². The van der Waals surface area contributed by atoms with Crippen LogP contribution in [0.5, 0.6) is 0 Å². The fourth-order valence-electron chi connectivity index (χ4n) is 1.89. The lowest BCUT2D eigenvalue weighted by Gasteiger charge is -2.16. The monoisotopic (exact) mass is 249 g/mol. The highest BCUT2D eigenvalue weighted by molar-refractivity contribution is 5.98. The van der Waals surface area contributed by atoms with Crippen molar-refractivity contribution in [3.05, 3.63) is 30.2 Å². The van der Waals surface area contributed by atoms with E-state index in [1.165, 1.54) is 6.07 Å². The summed E-state index contributed by atoms with van der Waals surface area (Å²) in [5, 5.41) is 12.6. The highest BCUT2D eigenvalue weighted by Crippen LogP contribution is 2.30. The van der Waals surface area contributed by atoms with Gasteiger partial charge < -0.3 is 16.2 Å². The second kappa shape index (κ2) is 5.18. The molecule has 5 heteroatoms. The Morgan fingerprint density at radius 1 is 1.56 bits per heavy atom. The number of hydrogen-bond donors (Lipinski definition) is 3. The van der Waals surface area contributed by atoms with E-state index >= 15 is 0 Å². The van der Waals surface area contributed by atoms with Gasteiger partial charge in [-0.25, -0.2) is 4.39 Å². The molecule has 0 aliphatic heterocycles. The molecule has 1 heterocycles. The zero-order chi connectivity index (χ0) is 13.1. The fourth-order valence-corrected chi connectivity index (χ4v) is 1.89. The predicted octanol–water partition coefficient (Wildman–Crippen LogP) is 2.14. The molecular formula is C13H16FN3O. The van der Waals surface area contributed by atoms with Gasteiger partial charge in [-0.1, -0.05) is 0 Å². The van der Waals surface area contributed by atoms with Gasteiger partial charge in [-0.3, -0.25) is 4.98 Å². The number of fused-ring (bicyclic) bond motifs is 1. The Labute approximate surface area is 105 Å². The van der Waals surface area contributed by atoms with E-state index in [9.17, 15) is 4.39 Å². The SMILES string of the molecule is CC(CCO)Nc1c(F)cc(N)c2cccnc12. The number of nitrogens with two attached hydrogens (primary N) is 1. The maximum absolute atomic E-state index is 13.9. The lowest BCUT2D eigenvalue weighted by molar-refractivity contribution is 0.282. The van der Waals surface area contributed by atoms with Gasteiger partial charge in [-0.15, -0.1) is 0 Å². The quantitative estimate of drug-likeness (QED) is 0.726.